The van der Waals surface area contributed by atoms with E-state index in [0.29, 0.717) is 11.3 Å². The molecule has 4 rings (SSSR count). The van der Waals surface area contributed by atoms with E-state index < -0.39 is 0 Å². The molecule has 0 atom stereocenters. The van der Waals surface area contributed by atoms with Crippen molar-refractivity contribution in [3.8, 4) is 11.4 Å². The summed E-state index contributed by atoms with van der Waals surface area (Å²) >= 11 is 0. The predicted octanol–water partition coefficient (Wildman–Crippen LogP) is 4.44. The molecular formula is C22H18N4O. The Hall–Kier alpha value is -3.86. The first-order chi connectivity index (χ1) is 13.3. The van der Waals surface area contributed by atoms with Crippen molar-refractivity contribution < 1.29 is 5.11 Å². The first-order valence-electron chi connectivity index (χ1n) is 8.59. The van der Waals surface area contributed by atoms with E-state index in [2.05, 4.69) is 15.6 Å². The van der Waals surface area contributed by atoms with E-state index in [-0.39, 0.29) is 5.75 Å². The van der Waals surface area contributed by atoms with Crippen LogP contribution in [0.2, 0.25) is 0 Å². The van der Waals surface area contributed by atoms with Gasteiger partial charge in [0.15, 0.2) is 0 Å². The Morgan fingerprint density at radius 2 is 1.52 bits per heavy atom. The van der Waals surface area contributed by atoms with Gasteiger partial charge in [-0.3, -0.25) is 5.43 Å². The lowest BCUT2D eigenvalue weighted by atomic mass is 10.0. The minimum Gasteiger partial charge on any atom is -0.507 e. The second-order valence-corrected chi connectivity index (χ2v) is 5.96. The van der Waals surface area contributed by atoms with Crippen LogP contribution < -0.4 is 5.43 Å². The van der Waals surface area contributed by atoms with Crippen LogP contribution in [0.15, 0.2) is 102 Å². The van der Waals surface area contributed by atoms with Crippen LogP contribution in [0.3, 0.4) is 0 Å². The van der Waals surface area contributed by atoms with E-state index >= 15 is 0 Å². The van der Waals surface area contributed by atoms with Gasteiger partial charge in [0.2, 0.25) is 0 Å². The van der Waals surface area contributed by atoms with Crippen molar-refractivity contribution in [2.45, 2.75) is 0 Å². The van der Waals surface area contributed by atoms with Crippen LogP contribution in [0.25, 0.3) is 5.69 Å². The number of phenols is 1. The summed E-state index contributed by atoms with van der Waals surface area (Å²) in [5.74, 6) is 0.165. The molecule has 0 bridgehead atoms. The average molecular weight is 354 g/mol. The van der Waals surface area contributed by atoms with Crippen molar-refractivity contribution in [3.63, 3.8) is 0 Å². The number of para-hydroxylation sites is 3. The number of benzene rings is 3. The first kappa shape index (κ1) is 16.6. The molecule has 2 N–H and O–H groups in total. The van der Waals surface area contributed by atoms with E-state index in [1.807, 2.05) is 79.0 Å². The van der Waals surface area contributed by atoms with E-state index in [4.69, 9.17) is 0 Å². The Balaban J connectivity index is 1.74. The summed E-state index contributed by atoms with van der Waals surface area (Å²) in [7, 11) is 0. The molecule has 0 aliphatic heterocycles. The lowest BCUT2D eigenvalue weighted by Crippen LogP contribution is -2.06. The molecule has 0 radical (unpaired) electrons. The number of nitrogens with one attached hydrogen (secondary N) is 1. The molecule has 27 heavy (non-hydrogen) atoms. The summed E-state index contributed by atoms with van der Waals surface area (Å²) in [6.45, 7) is 0. The minimum atomic E-state index is 0.165. The van der Waals surface area contributed by atoms with E-state index in [9.17, 15) is 5.11 Å². The number of rotatable bonds is 5. The summed E-state index contributed by atoms with van der Waals surface area (Å²) in [6, 6.07) is 26.7. The van der Waals surface area contributed by atoms with E-state index in [1.165, 1.54) is 0 Å². The van der Waals surface area contributed by atoms with Crippen LogP contribution in [0.1, 0.15) is 11.1 Å². The van der Waals surface area contributed by atoms with E-state index in [0.717, 1.165) is 16.9 Å². The Bertz CT molecular complexity index is 1060. The largest absolute Gasteiger partial charge is 0.507 e. The van der Waals surface area contributed by atoms with Crippen LogP contribution in [-0.2, 0) is 0 Å². The Labute approximate surface area is 157 Å². The van der Waals surface area contributed by atoms with Gasteiger partial charge in [-0.1, -0.05) is 48.5 Å². The number of hydrazone groups is 1. The number of hydrogen-bond donors (Lipinski definition) is 2. The maximum absolute atomic E-state index is 10.3. The average Bonchev–Trinajstić information content (AvgIpc) is 3.21. The molecule has 1 aromatic heterocycles. The summed E-state index contributed by atoms with van der Waals surface area (Å²) in [5.41, 5.74) is 6.91. The minimum absolute atomic E-state index is 0.165. The Kier molecular flexibility index (Phi) is 4.66. The molecule has 0 unspecified atom stereocenters. The SMILES string of the molecule is Oc1ccccc1C(=NNc1ccccc1)c1cnn(-c2ccccc2)c1. The molecule has 0 aliphatic rings. The molecular weight excluding hydrogens is 336 g/mol. The fraction of sp³-hybridized carbons (Fsp3) is 0. The Morgan fingerprint density at radius 3 is 2.26 bits per heavy atom. The molecule has 4 aromatic rings. The molecule has 5 nitrogen and oxygen atoms in total. The van der Waals surface area contributed by atoms with Gasteiger partial charge in [0, 0.05) is 17.3 Å². The molecule has 0 amide bonds. The van der Waals surface area contributed by atoms with Crippen molar-refractivity contribution in [2.75, 3.05) is 5.43 Å². The highest BCUT2D eigenvalue weighted by molar-refractivity contribution is 6.14. The zero-order valence-electron chi connectivity index (χ0n) is 14.5. The molecule has 5 heteroatoms. The van der Waals surface area contributed by atoms with Crippen LogP contribution >= 0.6 is 0 Å². The smallest absolute Gasteiger partial charge is 0.125 e. The van der Waals surface area contributed by atoms with Gasteiger partial charge in [-0.2, -0.15) is 10.2 Å². The van der Waals surface area contributed by atoms with Gasteiger partial charge < -0.3 is 5.11 Å². The topological polar surface area (TPSA) is 62.4 Å². The fourth-order valence-electron chi connectivity index (χ4n) is 2.75. The molecule has 3 aromatic carbocycles. The van der Waals surface area contributed by atoms with Gasteiger partial charge in [-0.05, 0) is 36.4 Å². The fourth-order valence-corrected chi connectivity index (χ4v) is 2.75. The normalized spacial score (nSPS) is 11.3. The number of nitrogens with zero attached hydrogens (tertiary/aromatic N) is 3. The predicted molar refractivity (Wildman–Crippen MR) is 107 cm³/mol. The van der Waals surface area contributed by atoms with Crippen LogP contribution in [0, 0.1) is 0 Å². The maximum Gasteiger partial charge on any atom is 0.125 e. The zero-order valence-corrected chi connectivity index (χ0v) is 14.5. The molecule has 0 saturated heterocycles. The number of phenolic OH excluding ortho intramolecular Hbond substituents is 1. The third-order valence-corrected chi connectivity index (χ3v) is 4.11. The molecule has 0 spiro atoms. The highest BCUT2D eigenvalue weighted by Gasteiger charge is 2.14. The quantitative estimate of drug-likeness (QED) is 0.411. The van der Waals surface area contributed by atoms with Gasteiger partial charge in [0.25, 0.3) is 0 Å². The van der Waals surface area contributed by atoms with Crippen LogP contribution in [-0.4, -0.2) is 20.6 Å². The summed E-state index contributed by atoms with van der Waals surface area (Å²) in [4.78, 5) is 0. The summed E-state index contributed by atoms with van der Waals surface area (Å²) in [6.07, 6.45) is 3.64. The number of aromatic nitrogens is 2. The number of anilines is 1. The number of hydrogen-bond acceptors (Lipinski definition) is 4. The highest BCUT2D eigenvalue weighted by atomic mass is 16.3. The molecule has 0 aliphatic carbocycles. The monoisotopic (exact) mass is 354 g/mol. The van der Waals surface area contributed by atoms with E-state index in [1.54, 1.807) is 23.0 Å². The van der Waals surface area contributed by atoms with Gasteiger partial charge >= 0.3 is 0 Å². The van der Waals surface area contributed by atoms with Gasteiger partial charge in [-0.25, -0.2) is 4.68 Å². The van der Waals surface area contributed by atoms with Gasteiger partial charge in [-0.15, -0.1) is 0 Å². The van der Waals surface area contributed by atoms with Crippen molar-refractivity contribution in [3.05, 3.63) is 108 Å². The maximum atomic E-state index is 10.3. The van der Waals surface area contributed by atoms with Crippen molar-refractivity contribution in [1.29, 1.82) is 0 Å². The number of aromatic hydroxyl groups is 1. The molecule has 0 fully saturated rings. The molecule has 0 saturated carbocycles. The van der Waals surface area contributed by atoms with Crippen LogP contribution in [0.4, 0.5) is 5.69 Å². The van der Waals surface area contributed by atoms with Crippen molar-refractivity contribution in [1.82, 2.24) is 9.78 Å². The van der Waals surface area contributed by atoms with Crippen molar-refractivity contribution >= 4 is 11.4 Å². The second kappa shape index (κ2) is 7.58. The standard InChI is InChI=1S/C22H18N4O/c27-21-14-8-7-13-20(21)22(25-24-18-9-3-1-4-10-18)17-15-23-26(16-17)19-11-5-2-6-12-19/h1-16,24,27H. The summed E-state index contributed by atoms with van der Waals surface area (Å²) in [5, 5.41) is 19.3. The van der Waals surface area contributed by atoms with Gasteiger partial charge in [0.05, 0.1) is 17.6 Å². The van der Waals surface area contributed by atoms with Crippen LogP contribution in [0.5, 0.6) is 5.75 Å². The molecule has 1 heterocycles. The third-order valence-electron chi connectivity index (χ3n) is 4.11. The van der Waals surface area contributed by atoms with Crippen molar-refractivity contribution in [2.24, 2.45) is 5.10 Å². The lowest BCUT2D eigenvalue weighted by Gasteiger charge is -2.08. The third kappa shape index (κ3) is 3.72. The lowest BCUT2D eigenvalue weighted by molar-refractivity contribution is 0.474. The Morgan fingerprint density at radius 1 is 0.852 bits per heavy atom. The second-order valence-electron chi connectivity index (χ2n) is 5.96. The first-order valence-corrected chi connectivity index (χ1v) is 8.59. The van der Waals surface area contributed by atoms with Gasteiger partial charge in [0.1, 0.15) is 11.5 Å². The zero-order chi connectivity index (χ0) is 18.5. The highest BCUT2D eigenvalue weighted by Crippen LogP contribution is 2.22. The molecule has 132 valence electrons. The summed E-state index contributed by atoms with van der Waals surface area (Å²) < 4.78 is 1.79.